The molecule has 1 aliphatic rings. The lowest BCUT2D eigenvalue weighted by Crippen LogP contribution is -2.03. The van der Waals surface area contributed by atoms with Crippen molar-refractivity contribution in [3.8, 4) is 0 Å². The molecule has 0 amide bonds. The van der Waals surface area contributed by atoms with Crippen molar-refractivity contribution >= 4 is 5.82 Å². The Balaban J connectivity index is 1.87. The van der Waals surface area contributed by atoms with Gasteiger partial charge in [0.25, 0.3) is 0 Å². The van der Waals surface area contributed by atoms with Gasteiger partial charge in [-0.05, 0) is 24.5 Å². The van der Waals surface area contributed by atoms with E-state index in [4.69, 9.17) is 5.73 Å². The quantitative estimate of drug-likeness (QED) is 0.868. The molecule has 2 heterocycles. The van der Waals surface area contributed by atoms with Crippen LogP contribution in [0.4, 0.5) is 5.82 Å². The van der Waals surface area contributed by atoms with E-state index < -0.39 is 0 Å². The molecule has 1 fully saturated rings. The highest BCUT2D eigenvalue weighted by Crippen LogP contribution is 2.38. The largest absolute Gasteiger partial charge is 0.384 e. The Morgan fingerprint density at radius 1 is 1.29 bits per heavy atom. The maximum Gasteiger partial charge on any atom is 0.134 e. The Hall–Kier alpha value is -1.97. The second kappa shape index (κ2) is 4.13. The summed E-state index contributed by atoms with van der Waals surface area (Å²) < 4.78 is 0. The highest BCUT2D eigenvalue weighted by Gasteiger charge is 2.27. The first kappa shape index (κ1) is 10.2. The normalized spacial score (nSPS) is 14.8. The molecule has 0 saturated heterocycles. The van der Waals surface area contributed by atoms with Gasteiger partial charge in [0.1, 0.15) is 11.6 Å². The minimum atomic E-state index is 0.533. The van der Waals surface area contributed by atoms with Crippen LogP contribution < -0.4 is 5.73 Å². The summed E-state index contributed by atoms with van der Waals surface area (Å²) in [6.07, 6.45) is 6.77. The number of aromatic nitrogens is 3. The summed E-state index contributed by atoms with van der Waals surface area (Å²) in [5, 5.41) is 0. The molecule has 2 aromatic heterocycles. The number of nitrogen functional groups attached to an aromatic ring is 1. The predicted octanol–water partition coefficient (Wildman–Crippen LogP) is 1.92. The summed E-state index contributed by atoms with van der Waals surface area (Å²) in [6.45, 7) is 0. The lowest BCUT2D eigenvalue weighted by atomic mass is 10.1. The molecule has 2 aromatic rings. The molecule has 1 saturated carbocycles. The zero-order chi connectivity index (χ0) is 11.7. The van der Waals surface area contributed by atoms with Crippen molar-refractivity contribution in [3.05, 3.63) is 47.7 Å². The average molecular weight is 226 g/mol. The first-order valence-electron chi connectivity index (χ1n) is 5.83. The molecule has 0 bridgehead atoms. The van der Waals surface area contributed by atoms with E-state index in [1.54, 1.807) is 6.20 Å². The lowest BCUT2D eigenvalue weighted by Gasteiger charge is -2.04. The molecule has 0 aliphatic heterocycles. The maximum absolute atomic E-state index is 5.81. The maximum atomic E-state index is 5.81. The summed E-state index contributed by atoms with van der Waals surface area (Å²) >= 11 is 0. The van der Waals surface area contributed by atoms with Crippen molar-refractivity contribution in [2.75, 3.05) is 5.73 Å². The SMILES string of the molecule is Nc1cc(Cc2cccnc2)nc(C2CC2)n1. The molecule has 0 aromatic carbocycles. The summed E-state index contributed by atoms with van der Waals surface area (Å²) in [4.78, 5) is 13.0. The zero-order valence-corrected chi connectivity index (χ0v) is 9.50. The van der Waals surface area contributed by atoms with E-state index in [1.165, 1.54) is 12.8 Å². The highest BCUT2D eigenvalue weighted by molar-refractivity contribution is 5.33. The number of anilines is 1. The van der Waals surface area contributed by atoms with Crippen LogP contribution in [0.5, 0.6) is 0 Å². The monoisotopic (exact) mass is 226 g/mol. The van der Waals surface area contributed by atoms with Crippen molar-refractivity contribution < 1.29 is 0 Å². The first-order valence-corrected chi connectivity index (χ1v) is 5.83. The molecule has 0 unspecified atom stereocenters. The van der Waals surface area contributed by atoms with E-state index in [-0.39, 0.29) is 0 Å². The Morgan fingerprint density at radius 3 is 2.88 bits per heavy atom. The van der Waals surface area contributed by atoms with Crippen LogP contribution in [0.3, 0.4) is 0 Å². The van der Waals surface area contributed by atoms with Crippen molar-refractivity contribution in [2.45, 2.75) is 25.2 Å². The Labute approximate surface area is 99.9 Å². The third kappa shape index (κ3) is 2.41. The standard InChI is InChI=1S/C13H14N4/c14-12-7-11(6-9-2-1-5-15-8-9)16-13(17-12)10-3-4-10/h1-2,5,7-8,10H,3-4,6H2,(H2,14,16,17). The van der Waals surface area contributed by atoms with Gasteiger partial charge in [-0.15, -0.1) is 0 Å². The van der Waals surface area contributed by atoms with Gasteiger partial charge in [-0.3, -0.25) is 4.98 Å². The molecule has 4 heteroatoms. The number of nitrogens with zero attached hydrogens (tertiary/aromatic N) is 3. The van der Waals surface area contributed by atoms with Crippen LogP contribution in [-0.4, -0.2) is 15.0 Å². The molecule has 3 rings (SSSR count). The minimum Gasteiger partial charge on any atom is -0.384 e. The fourth-order valence-electron chi connectivity index (χ4n) is 1.87. The van der Waals surface area contributed by atoms with E-state index in [1.807, 2.05) is 24.4 Å². The molecular formula is C13H14N4. The highest BCUT2D eigenvalue weighted by atomic mass is 15.0. The fourth-order valence-corrected chi connectivity index (χ4v) is 1.87. The van der Waals surface area contributed by atoms with Crippen LogP contribution in [-0.2, 0) is 6.42 Å². The van der Waals surface area contributed by atoms with Crippen molar-refractivity contribution in [2.24, 2.45) is 0 Å². The van der Waals surface area contributed by atoms with Crippen LogP contribution >= 0.6 is 0 Å². The Kier molecular flexibility index (Phi) is 2.48. The fraction of sp³-hybridized carbons (Fsp3) is 0.308. The molecule has 4 nitrogen and oxygen atoms in total. The van der Waals surface area contributed by atoms with Crippen molar-refractivity contribution in [1.82, 2.24) is 15.0 Å². The van der Waals surface area contributed by atoms with Gasteiger partial charge in [-0.25, -0.2) is 9.97 Å². The first-order chi connectivity index (χ1) is 8.31. The lowest BCUT2D eigenvalue weighted by molar-refractivity contribution is 0.891. The van der Waals surface area contributed by atoms with Crippen molar-refractivity contribution in [3.63, 3.8) is 0 Å². The second-order valence-electron chi connectivity index (χ2n) is 4.45. The number of hydrogen-bond acceptors (Lipinski definition) is 4. The van der Waals surface area contributed by atoms with E-state index in [2.05, 4.69) is 15.0 Å². The van der Waals surface area contributed by atoms with Crippen LogP contribution in [0, 0.1) is 0 Å². The molecule has 1 aliphatic carbocycles. The van der Waals surface area contributed by atoms with Gasteiger partial charge < -0.3 is 5.73 Å². The molecule has 86 valence electrons. The molecule has 0 radical (unpaired) electrons. The molecule has 2 N–H and O–H groups in total. The van der Waals surface area contributed by atoms with Gasteiger partial charge in [-0.2, -0.15) is 0 Å². The topological polar surface area (TPSA) is 64.7 Å². The van der Waals surface area contributed by atoms with E-state index in [0.717, 1.165) is 23.5 Å². The molecule has 0 atom stereocenters. The number of pyridine rings is 1. The Bertz CT molecular complexity index is 520. The van der Waals surface area contributed by atoms with Crippen LogP contribution in [0.2, 0.25) is 0 Å². The van der Waals surface area contributed by atoms with E-state index in [9.17, 15) is 0 Å². The second-order valence-corrected chi connectivity index (χ2v) is 4.45. The average Bonchev–Trinajstić information content (AvgIpc) is 3.13. The van der Waals surface area contributed by atoms with Gasteiger partial charge in [-0.1, -0.05) is 6.07 Å². The number of hydrogen-bond donors (Lipinski definition) is 1. The summed E-state index contributed by atoms with van der Waals surface area (Å²) in [7, 11) is 0. The van der Waals surface area contributed by atoms with Crippen LogP contribution in [0.25, 0.3) is 0 Å². The molecule has 0 spiro atoms. The van der Waals surface area contributed by atoms with Crippen molar-refractivity contribution in [1.29, 1.82) is 0 Å². The third-order valence-corrected chi connectivity index (χ3v) is 2.87. The zero-order valence-electron chi connectivity index (χ0n) is 9.50. The van der Waals surface area contributed by atoms with Gasteiger partial charge in [0.15, 0.2) is 0 Å². The summed E-state index contributed by atoms with van der Waals surface area (Å²) in [5.74, 6) is 2.01. The minimum absolute atomic E-state index is 0.533. The van der Waals surface area contributed by atoms with Gasteiger partial charge in [0.2, 0.25) is 0 Å². The van der Waals surface area contributed by atoms with Crippen LogP contribution in [0.1, 0.15) is 35.8 Å². The van der Waals surface area contributed by atoms with Gasteiger partial charge in [0, 0.05) is 30.8 Å². The Morgan fingerprint density at radius 2 is 2.18 bits per heavy atom. The van der Waals surface area contributed by atoms with Crippen LogP contribution in [0.15, 0.2) is 30.6 Å². The van der Waals surface area contributed by atoms with Gasteiger partial charge >= 0.3 is 0 Å². The summed E-state index contributed by atoms with van der Waals surface area (Å²) in [6, 6.07) is 5.82. The smallest absolute Gasteiger partial charge is 0.134 e. The van der Waals surface area contributed by atoms with E-state index in [0.29, 0.717) is 11.7 Å². The number of nitrogens with two attached hydrogens (primary N) is 1. The predicted molar refractivity (Wildman–Crippen MR) is 65.5 cm³/mol. The van der Waals surface area contributed by atoms with Gasteiger partial charge in [0.05, 0.1) is 5.69 Å². The third-order valence-electron chi connectivity index (χ3n) is 2.87. The molecular weight excluding hydrogens is 212 g/mol. The summed E-state index contributed by atoms with van der Waals surface area (Å²) in [5.41, 5.74) is 7.94. The van der Waals surface area contributed by atoms with E-state index >= 15 is 0 Å². The molecule has 17 heavy (non-hydrogen) atoms. The number of rotatable bonds is 3.